The lowest BCUT2D eigenvalue weighted by Gasteiger charge is -2.30. The molecule has 2 fully saturated rings. The molecule has 2 N–H and O–H groups in total. The maximum Gasteiger partial charge on any atom is 0.324 e. The van der Waals surface area contributed by atoms with Crippen LogP contribution in [0.2, 0.25) is 0 Å². The molecule has 0 spiro atoms. The van der Waals surface area contributed by atoms with Gasteiger partial charge in [-0.1, -0.05) is 17.3 Å². The van der Waals surface area contributed by atoms with Crippen LogP contribution in [0.15, 0.2) is 28.8 Å². The Morgan fingerprint density at radius 3 is 2.93 bits per heavy atom. The molecule has 144 valence electrons. The minimum Gasteiger partial charge on any atom is -0.334 e. The van der Waals surface area contributed by atoms with Gasteiger partial charge in [0.1, 0.15) is 0 Å². The average Bonchev–Trinajstić information content (AvgIpc) is 3.25. The fourth-order valence-corrected chi connectivity index (χ4v) is 3.18. The Balaban J connectivity index is 0.00000210. The van der Waals surface area contributed by atoms with E-state index in [1.807, 2.05) is 31.3 Å². The average molecular weight is 393 g/mol. The van der Waals surface area contributed by atoms with Crippen LogP contribution >= 0.6 is 12.4 Å². The molecule has 2 saturated heterocycles. The number of piperazine rings is 1. The zero-order valence-corrected chi connectivity index (χ0v) is 15.7. The number of imide groups is 1. The summed E-state index contributed by atoms with van der Waals surface area (Å²) in [5, 5.41) is 9.97. The largest absolute Gasteiger partial charge is 0.334 e. The van der Waals surface area contributed by atoms with Gasteiger partial charge in [-0.15, -0.1) is 12.4 Å². The van der Waals surface area contributed by atoms with Crippen molar-refractivity contribution in [3.8, 4) is 11.5 Å². The Bertz CT molecular complexity index is 826. The van der Waals surface area contributed by atoms with Crippen LogP contribution in [0.25, 0.3) is 11.5 Å². The SMILES string of the molecule is CN1CCNCC1c1noc(-c2cccc(CN3C(=O)CNC3=O)c2)n1.Cl. The number of nitrogens with one attached hydrogen (secondary N) is 2. The smallest absolute Gasteiger partial charge is 0.324 e. The van der Waals surface area contributed by atoms with Crippen LogP contribution in [0.5, 0.6) is 0 Å². The number of benzene rings is 1. The van der Waals surface area contributed by atoms with Gasteiger partial charge in [-0.2, -0.15) is 4.98 Å². The molecular formula is C17H21ClN6O3. The van der Waals surface area contributed by atoms with Crippen molar-refractivity contribution in [2.24, 2.45) is 0 Å². The summed E-state index contributed by atoms with van der Waals surface area (Å²) in [5.74, 6) is 0.848. The van der Waals surface area contributed by atoms with E-state index in [4.69, 9.17) is 4.52 Å². The lowest BCUT2D eigenvalue weighted by Crippen LogP contribution is -2.44. The topological polar surface area (TPSA) is 104 Å². The van der Waals surface area contributed by atoms with E-state index in [0.29, 0.717) is 11.7 Å². The first kappa shape index (κ1) is 19.3. The standard InChI is InChI=1S/C17H20N6O3.ClH/c1-22-6-5-18-8-13(22)15-20-16(26-21-15)12-4-2-3-11(7-12)10-23-14(24)9-19-17(23)25;/h2-4,7,13,18H,5-6,8-10H2,1H3,(H,19,25);1H. The summed E-state index contributed by atoms with van der Waals surface area (Å²) in [5.41, 5.74) is 1.59. The minimum atomic E-state index is -0.367. The summed E-state index contributed by atoms with van der Waals surface area (Å²) >= 11 is 0. The molecule has 4 rings (SSSR count). The van der Waals surface area contributed by atoms with Gasteiger partial charge in [0, 0.05) is 25.2 Å². The van der Waals surface area contributed by atoms with Gasteiger partial charge in [0.25, 0.3) is 5.89 Å². The monoisotopic (exact) mass is 392 g/mol. The number of hydrogen-bond acceptors (Lipinski definition) is 7. The molecule has 10 heteroatoms. The zero-order valence-electron chi connectivity index (χ0n) is 14.8. The van der Waals surface area contributed by atoms with Gasteiger partial charge in [0.15, 0.2) is 5.82 Å². The first-order chi connectivity index (χ1) is 12.6. The lowest BCUT2D eigenvalue weighted by atomic mass is 10.1. The van der Waals surface area contributed by atoms with Crippen LogP contribution in [0, 0.1) is 0 Å². The summed E-state index contributed by atoms with van der Waals surface area (Å²) in [6, 6.07) is 7.15. The summed E-state index contributed by atoms with van der Waals surface area (Å²) in [6.45, 7) is 2.92. The maximum atomic E-state index is 11.7. The van der Waals surface area contributed by atoms with E-state index in [1.165, 1.54) is 4.90 Å². The molecule has 3 amide bonds. The Kier molecular flexibility index (Phi) is 5.73. The van der Waals surface area contributed by atoms with E-state index in [2.05, 4.69) is 25.7 Å². The van der Waals surface area contributed by atoms with Crippen LogP contribution in [0.1, 0.15) is 17.4 Å². The van der Waals surface area contributed by atoms with Crippen molar-refractivity contribution in [1.29, 1.82) is 0 Å². The van der Waals surface area contributed by atoms with Crippen molar-refractivity contribution in [2.75, 3.05) is 33.2 Å². The second kappa shape index (κ2) is 8.03. The third kappa shape index (κ3) is 3.95. The lowest BCUT2D eigenvalue weighted by molar-refractivity contribution is -0.125. The molecule has 1 unspecified atom stereocenters. The molecule has 9 nitrogen and oxygen atoms in total. The molecule has 2 aliphatic heterocycles. The van der Waals surface area contributed by atoms with Gasteiger partial charge >= 0.3 is 6.03 Å². The van der Waals surface area contributed by atoms with Gasteiger partial charge in [0.2, 0.25) is 5.91 Å². The Labute approximate surface area is 162 Å². The molecule has 1 aromatic carbocycles. The number of hydrogen-bond donors (Lipinski definition) is 2. The molecule has 1 aromatic heterocycles. The first-order valence-corrected chi connectivity index (χ1v) is 8.54. The van der Waals surface area contributed by atoms with Crippen molar-refractivity contribution >= 4 is 24.3 Å². The normalized spacial score (nSPS) is 20.5. The summed E-state index contributed by atoms with van der Waals surface area (Å²) in [7, 11) is 2.04. The van der Waals surface area contributed by atoms with Gasteiger partial charge in [-0.25, -0.2) is 4.79 Å². The number of aromatic nitrogens is 2. The van der Waals surface area contributed by atoms with Crippen LogP contribution in [0.4, 0.5) is 4.79 Å². The second-order valence-corrected chi connectivity index (χ2v) is 6.50. The Morgan fingerprint density at radius 2 is 2.19 bits per heavy atom. The van der Waals surface area contributed by atoms with Crippen LogP contribution < -0.4 is 10.6 Å². The highest BCUT2D eigenvalue weighted by Crippen LogP contribution is 2.24. The molecule has 0 saturated carbocycles. The summed E-state index contributed by atoms with van der Waals surface area (Å²) in [6.07, 6.45) is 0. The van der Waals surface area contributed by atoms with Crippen LogP contribution in [-0.4, -0.2) is 65.1 Å². The predicted molar refractivity (Wildman–Crippen MR) is 99.2 cm³/mol. The number of carbonyl (C=O) groups is 2. The third-order valence-electron chi connectivity index (χ3n) is 4.70. The molecule has 3 heterocycles. The number of rotatable bonds is 4. The number of carbonyl (C=O) groups excluding carboxylic acids is 2. The number of urea groups is 1. The fraction of sp³-hybridized carbons (Fsp3) is 0.412. The molecular weight excluding hydrogens is 372 g/mol. The number of nitrogens with zero attached hydrogens (tertiary/aromatic N) is 4. The van der Waals surface area contributed by atoms with Crippen molar-refractivity contribution < 1.29 is 14.1 Å². The maximum absolute atomic E-state index is 11.7. The molecule has 2 aliphatic rings. The first-order valence-electron chi connectivity index (χ1n) is 8.54. The van der Waals surface area contributed by atoms with Crippen molar-refractivity contribution in [3.63, 3.8) is 0 Å². The van der Waals surface area contributed by atoms with Crippen molar-refractivity contribution in [2.45, 2.75) is 12.6 Å². The van der Waals surface area contributed by atoms with Gasteiger partial charge in [-0.05, 0) is 24.7 Å². The highest BCUT2D eigenvalue weighted by atomic mass is 35.5. The predicted octanol–water partition coefficient (Wildman–Crippen LogP) is 0.786. The van der Waals surface area contributed by atoms with Crippen molar-refractivity contribution in [3.05, 3.63) is 35.7 Å². The number of likely N-dealkylation sites (N-methyl/N-ethyl adjacent to an activating group) is 1. The van der Waals surface area contributed by atoms with E-state index < -0.39 is 0 Å². The van der Waals surface area contributed by atoms with Gasteiger partial charge in [-0.3, -0.25) is 14.6 Å². The molecule has 0 radical (unpaired) electrons. The van der Waals surface area contributed by atoms with Crippen molar-refractivity contribution in [1.82, 2.24) is 30.6 Å². The van der Waals surface area contributed by atoms with E-state index in [-0.39, 0.29) is 43.5 Å². The van der Waals surface area contributed by atoms with Crippen LogP contribution in [-0.2, 0) is 11.3 Å². The van der Waals surface area contributed by atoms with Gasteiger partial charge < -0.3 is 15.2 Å². The van der Waals surface area contributed by atoms with Gasteiger partial charge in [0.05, 0.1) is 19.1 Å². The van der Waals surface area contributed by atoms with E-state index in [1.54, 1.807) is 0 Å². The van der Waals surface area contributed by atoms with E-state index >= 15 is 0 Å². The Hall–Kier alpha value is -2.49. The highest BCUT2D eigenvalue weighted by Gasteiger charge is 2.29. The number of amides is 3. The summed E-state index contributed by atoms with van der Waals surface area (Å²) < 4.78 is 5.44. The van der Waals surface area contributed by atoms with E-state index in [0.717, 1.165) is 30.8 Å². The highest BCUT2D eigenvalue weighted by molar-refractivity contribution is 6.01. The minimum absolute atomic E-state index is 0. The number of halogens is 1. The summed E-state index contributed by atoms with van der Waals surface area (Å²) in [4.78, 5) is 31.4. The quantitative estimate of drug-likeness (QED) is 0.741. The molecule has 2 aromatic rings. The molecule has 0 bridgehead atoms. The second-order valence-electron chi connectivity index (χ2n) is 6.50. The Morgan fingerprint density at radius 1 is 1.33 bits per heavy atom. The van der Waals surface area contributed by atoms with E-state index in [9.17, 15) is 9.59 Å². The molecule has 0 aliphatic carbocycles. The van der Waals surface area contributed by atoms with Crippen LogP contribution in [0.3, 0.4) is 0 Å². The molecule has 27 heavy (non-hydrogen) atoms. The fourth-order valence-electron chi connectivity index (χ4n) is 3.18. The molecule has 1 atom stereocenters. The zero-order chi connectivity index (χ0) is 18.1. The third-order valence-corrected chi connectivity index (χ3v) is 4.70.